The van der Waals surface area contributed by atoms with Crippen LogP contribution < -0.4 is 21.3 Å². The van der Waals surface area contributed by atoms with E-state index in [1.54, 1.807) is 6.20 Å². The van der Waals surface area contributed by atoms with Crippen molar-refractivity contribution in [3.63, 3.8) is 0 Å². The lowest BCUT2D eigenvalue weighted by molar-refractivity contribution is -0.115. The Morgan fingerprint density at radius 2 is 1.56 bits per heavy atom. The number of nitrogens with two attached hydrogens (primary N) is 2. The van der Waals surface area contributed by atoms with Gasteiger partial charge in [0.1, 0.15) is 0 Å². The van der Waals surface area contributed by atoms with Crippen molar-refractivity contribution >= 4 is 22.7 Å². The third-order valence-corrected chi connectivity index (χ3v) is 8.19. The molecular formula is C28H40FN9O. The van der Waals surface area contributed by atoms with Crippen LogP contribution in [0.15, 0.2) is 43.5 Å². The van der Waals surface area contributed by atoms with E-state index < -0.39 is 0 Å². The van der Waals surface area contributed by atoms with E-state index in [9.17, 15) is 4.39 Å². The summed E-state index contributed by atoms with van der Waals surface area (Å²) in [5.41, 5.74) is 15.8. The third kappa shape index (κ3) is 6.09. The lowest BCUT2D eigenvalue weighted by Gasteiger charge is -2.47. The molecule has 3 aromatic rings. The number of likely N-dealkylation sites (N-methyl/N-ethyl adjacent to an activating group) is 1. The molecule has 0 bridgehead atoms. The van der Waals surface area contributed by atoms with Gasteiger partial charge >= 0.3 is 0 Å². The Kier molecular flexibility index (Phi) is 8.18. The Morgan fingerprint density at radius 1 is 0.897 bits per heavy atom. The van der Waals surface area contributed by atoms with Crippen molar-refractivity contribution in [1.82, 2.24) is 24.4 Å². The lowest BCUT2D eigenvalue weighted by atomic mass is 9.89. The zero-order chi connectivity index (χ0) is 27.4. The lowest BCUT2D eigenvalue weighted by Crippen LogP contribution is -2.56. The number of aromatic nitrogens is 4. The smallest absolute Gasteiger partial charge is 0.166 e. The molecule has 11 heteroatoms. The number of ether oxygens (including phenoxy) is 1. The average molecular weight is 538 g/mol. The first-order chi connectivity index (χ1) is 18.8. The van der Waals surface area contributed by atoms with E-state index in [1.807, 2.05) is 29.8 Å². The number of nitrogens with zero attached hydrogens (tertiary/aromatic N) is 7. The van der Waals surface area contributed by atoms with Gasteiger partial charge in [-0.3, -0.25) is 9.97 Å². The van der Waals surface area contributed by atoms with E-state index >= 15 is 0 Å². The van der Waals surface area contributed by atoms with E-state index in [0.717, 1.165) is 88.5 Å². The second-order valence-electron chi connectivity index (χ2n) is 10.9. The SMILES string of the molecule is CN1CCOC2(CCN(c3c(N)cncc3F)CC2)C1.Cc1cncc(N)c1N1CCC(n2ccnc2)CC1. The van der Waals surface area contributed by atoms with Gasteiger partial charge in [0.2, 0.25) is 0 Å². The van der Waals surface area contributed by atoms with Crippen molar-refractivity contribution in [3.05, 3.63) is 54.9 Å². The number of pyridine rings is 2. The Hall–Kier alpha value is -3.44. The molecule has 0 radical (unpaired) electrons. The van der Waals surface area contributed by atoms with Gasteiger partial charge in [0.25, 0.3) is 0 Å². The van der Waals surface area contributed by atoms with Gasteiger partial charge in [-0.2, -0.15) is 0 Å². The van der Waals surface area contributed by atoms with Gasteiger partial charge in [-0.1, -0.05) is 0 Å². The summed E-state index contributed by atoms with van der Waals surface area (Å²) in [6, 6.07) is 0.558. The molecule has 10 nitrogen and oxygen atoms in total. The first kappa shape index (κ1) is 27.1. The molecule has 39 heavy (non-hydrogen) atoms. The number of hydrogen-bond donors (Lipinski definition) is 2. The van der Waals surface area contributed by atoms with E-state index in [-0.39, 0.29) is 11.4 Å². The minimum absolute atomic E-state index is 0.0677. The molecule has 6 rings (SSSR count). The fraction of sp³-hybridized carbons (Fsp3) is 0.536. The molecule has 1 spiro atoms. The Bertz CT molecular complexity index is 1180. The highest BCUT2D eigenvalue weighted by atomic mass is 19.1. The molecule has 0 amide bonds. The molecule has 0 aromatic carbocycles. The highest BCUT2D eigenvalue weighted by Gasteiger charge is 2.39. The summed E-state index contributed by atoms with van der Waals surface area (Å²) in [5, 5.41) is 0. The first-order valence-electron chi connectivity index (χ1n) is 13.7. The van der Waals surface area contributed by atoms with E-state index in [1.165, 1.54) is 12.4 Å². The van der Waals surface area contributed by atoms with Crippen LogP contribution in [-0.4, -0.2) is 82.9 Å². The minimum atomic E-state index is -0.345. The zero-order valence-corrected chi connectivity index (χ0v) is 23.0. The average Bonchev–Trinajstić information content (AvgIpc) is 3.46. The zero-order valence-electron chi connectivity index (χ0n) is 23.0. The monoisotopic (exact) mass is 537 g/mol. The number of aryl methyl sites for hydroxylation is 1. The van der Waals surface area contributed by atoms with Crippen LogP contribution in [0.3, 0.4) is 0 Å². The Labute approximate surface area is 229 Å². The number of nitrogen functional groups attached to an aromatic ring is 2. The molecule has 3 fully saturated rings. The molecule has 4 N–H and O–H groups in total. The molecular weight excluding hydrogens is 497 g/mol. The maximum atomic E-state index is 13.9. The molecule has 210 valence electrons. The standard InChI is InChI=1S/C14H21FN4O.C14H19N5/c1-18-6-7-20-14(10-18)2-4-19(5-3-14)13-11(15)8-17-9-12(13)16;1-11-8-17-9-13(15)14(11)18-5-2-12(3-6-18)19-7-4-16-10-19/h8-9H,2-7,10,16H2,1H3;4,7-10,12H,2-3,5-6,15H2,1H3. The number of morpholine rings is 1. The predicted molar refractivity (Wildman–Crippen MR) is 152 cm³/mol. The molecule has 6 heterocycles. The topological polar surface area (TPSA) is 115 Å². The number of anilines is 4. The van der Waals surface area contributed by atoms with Crippen LogP contribution in [0.1, 0.15) is 37.3 Å². The van der Waals surface area contributed by atoms with Gasteiger partial charge in [0.15, 0.2) is 5.82 Å². The van der Waals surface area contributed by atoms with Crippen LogP contribution in [0.5, 0.6) is 0 Å². The summed E-state index contributed by atoms with van der Waals surface area (Å²) in [7, 11) is 2.12. The highest BCUT2D eigenvalue weighted by Crippen LogP contribution is 2.35. The Balaban J connectivity index is 0.000000158. The fourth-order valence-electron chi connectivity index (χ4n) is 6.14. The highest BCUT2D eigenvalue weighted by molar-refractivity contribution is 5.70. The van der Waals surface area contributed by atoms with Gasteiger partial charge in [0.05, 0.1) is 59.9 Å². The van der Waals surface area contributed by atoms with Gasteiger partial charge in [-0.15, -0.1) is 0 Å². The van der Waals surface area contributed by atoms with Crippen molar-refractivity contribution in [1.29, 1.82) is 0 Å². The van der Waals surface area contributed by atoms with Crippen molar-refractivity contribution in [2.45, 2.75) is 44.2 Å². The quantitative estimate of drug-likeness (QED) is 0.520. The Morgan fingerprint density at radius 3 is 2.18 bits per heavy atom. The van der Waals surface area contributed by atoms with Crippen LogP contribution in [0, 0.1) is 12.7 Å². The van der Waals surface area contributed by atoms with Gasteiger partial charge in [-0.25, -0.2) is 9.37 Å². The maximum Gasteiger partial charge on any atom is 0.166 e. The first-order valence-corrected chi connectivity index (χ1v) is 13.7. The van der Waals surface area contributed by atoms with Crippen LogP contribution in [-0.2, 0) is 4.74 Å². The largest absolute Gasteiger partial charge is 0.396 e. The number of imidazole rings is 1. The second kappa shape index (κ2) is 11.7. The summed E-state index contributed by atoms with van der Waals surface area (Å²) in [6.45, 7) is 8.36. The summed E-state index contributed by atoms with van der Waals surface area (Å²) < 4.78 is 22.1. The van der Waals surface area contributed by atoms with E-state index in [4.69, 9.17) is 16.2 Å². The van der Waals surface area contributed by atoms with Crippen molar-refractivity contribution in [2.24, 2.45) is 0 Å². The second-order valence-corrected chi connectivity index (χ2v) is 10.9. The number of hydrogen-bond acceptors (Lipinski definition) is 9. The van der Waals surface area contributed by atoms with Gasteiger partial charge in [0, 0.05) is 63.9 Å². The van der Waals surface area contributed by atoms with E-state index in [2.05, 4.69) is 43.3 Å². The van der Waals surface area contributed by atoms with Crippen LogP contribution in [0.2, 0.25) is 0 Å². The summed E-state index contributed by atoms with van der Waals surface area (Å²) >= 11 is 0. The number of halogens is 1. The summed E-state index contributed by atoms with van der Waals surface area (Å²) in [4.78, 5) is 18.7. The summed E-state index contributed by atoms with van der Waals surface area (Å²) in [5.74, 6) is -0.345. The molecule has 3 aliphatic rings. The summed E-state index contributed by atoms with van der Waals surface area (Å²) in [6.07, 6.45) is 16.2. The van der Waals surface area contributed by atoms with Gasteiger partial charge in [-0.05, 0) is 45.2 Å². The fourth-order valence-corrected chi connectivity index (χ4v) is 6.14. The molecule has 0 aliphatic carbocycles. The minimum Gasteiger partial charge on any atom is -0.396 e. The van der Waals surface area contributed by atoms with Crippen LogP contribution in [0.4, 0.5) is 27.1 Å². The molecule has 3 aliphatic heterocycles. The molecule has 3 aromatic heterocycles. The molecule has 0 saturated carbocycles. The third-order valence-electron chi connectivity index (χ3n) is 8.19. The molecule has 3 saturated heterocycles. The normalized spacial score (nSPS) is 20.1. The molecule has 0 unspecified atom stereocenters. The van der Waals surface area contributed by atoms with Crippen LogP contribution in [0.25, 0.3) is 0 Å². The predicted octanol–water partition coefficient (Wildman–Crippen LogP) is 3.11. The maximum absolute atomic E-state index is 13.9. The van der Waals surface area contributed by atoms with E-state index in [0.29, 0.717) is 17.4 Å². The number of piperidine rings is 2. The number of rotatable bonds is 3. The van der Waals surface area contributed by atoms with Gasteiger partial charge < -0.3 is 35.5 Å². The van der Waals surface area contributed by atoms with Crippen LogP contribution >= 0.6 is 0 Å². The van der Waals surface area contributed by atoms with Crippen molar-refractivity contribution in [3.8, 4) is 0 Å². The van der Waals surface area contributed by atoms with Crippen molar-refractivity contribution < 1.29 is 9.13 Å². The molecule has 0 atom stereocenters. The van der Waals surface area contributed by atoms with Crippen molar-refractivity contribution in [2.75, 3.05) is 74.2 Å².